The van der Waals surface area contributed by atoms with Crippen LogP contribution in [-0.2, 0) is 9.59 Å². The minimum Gasteiger partial charge on any atom is -0.481 e. The number of anilines is 1. The molecule has 0 fully saturated rings. The van der Waals surface area contributed by atoms with Crippen molar-refractivity contribution in [1.82, 2.24) is 0 Å². The second kappa shape index (κ2) is 5.31. The van der Waals surface area contributed by atoms with E-state index in [0.29, 0.717) is 5.69 Å². The maximum Gasteiger partial charge on any atom is 0.311 e. The van der Waals surface area contributed by atoms with Crippen LogP contribution < -0.4 is 5.32 Å². The van der Waals surface area contributed by atoms with Gasteiger partial charge in [0.05, 0.1) is 11.8 Å². The Labute approximate surface area is 105 Å². The van der Waals surface area contributed by atoms with E-state index < -0.39 is 17.8 Å². The zero-order valence-electron chi connectivity index (χ0n) is 9.61. The molecule has 92 valence electrons. The number of hydrogen-bond acceptors (Lipinski definition) is 2. The molecule has 1 aliphatic carbocycles. The average Bonchev–Trinajstić information content (AvgIpc) is 2.40. The van der Waals surface area contributed by atoms with Crippen molar-refractivity contribution in [2.75, 3.05) is 5.32 Å². The first-order valence-corrected chi connectivity index (χ1v) is 5.62. The van der Waals surface area contributed by atoms with Gasteiger partial charge in [-0.2, -0.15) is 0 Å². The molecule has 1 aliphatic rings. The molecule has 1 amide bonds. The molecule has 2 N–H and O–H groups in total. The normalized spacial score (nSPS) is 21.6. The topological polar surface area (TPSA) is 66.4 Å². The van der Waals surface area contributed by atoms with Crippen molar-refractivity contribution in [2.45, 2.75) is 0 Å². The van der Waals surface area contributed by atoms with Crippen molar-refractivity contribution in [3.05, 3.63) is 54.6 Å². The Bertz CT molecular complexity index is 505. The minimum absolute atomic E-state index is 0.311. The molecule has 0 radical (unpaired) electrons. The number of carbonyl (C=O) groups is 2. The lowest BCUT2D eigenvalue weighted by Gasteiger charge is -2.19. The van der Waals surface area contributed by atoms with E-state index in [4.69, 9.17) is 5.11 Å². The van der Waals surface area contributed by atoms with E-state index in [9.17, 15) is 9.59 Å². The summed E-state index contributed by atoms with van der Waals surface area (Å²) in [5, 5.41) is 11.8. The number of benzene rings is 1. The Morgan fingerprint density at radius 1 is 1.00 bits per heavy atom. The maximum atomic E-state index is 12.0. The van der Waals surface area contributed by atoms with E-state index in [2.05, 4.69) is 5.32 Å². The quantitative estimate of drug-likeness (QED) is 0.854. The lowest BCUT2D eigenvalue weighted by Crippen LogP contribution is -2.32. The van der Waals surface area contributed by atoms with Gasteiger partial charge in [0, 0.05) is 5.69 Å². The molecule has 2 atom stereocenters. The van der Waals surface area contributed by atoms with Crippen LogP contribution in [-0.4, -0.2) is 17.0 Å². The molecule has 0 saturated carbocycles. The number of carboxylic acids is 1. The first-order valence-electron chi connectivity index (χ1n) is 5.62. The number of amides is 1. The number of nitrogens with one attached hydrogen (secondary N) is 1. The van der Waals surface area contributed by atoms with Gasteiger partial charge < -0.3 is 10.4 Å². The summed E-state index contributed by atoms with van der Waals surface area (Å²) in [7, 11) is 0. The second-order valence-electron chi connectivity index (χ2n) is 4.01. The summed E-state index contributed by atoms with van der Waals surface area (Å²) in [5.41, 5.74) is 0.662. The number of hydrogen-bond donors (Lipinski definition) is 2. The average molecular weight is 243 g/mol. The maximum absolute atomic E-state index is 12.0. The fourth-order valence-corrected chi connectivity index (χ4v) is 1.84. The van der Waals surface area contributed by atoms with E-state index >= 15 is 0 Å². The standard InChI is InChI=1S/C14H13NO3/c16-13(15-10-6-2-1-3-7-10)11-8-4-5-9-12(11)14(17)18/h1-9,11-12H,(H,15,16)(H,17,18). The molecule has 0 bridgehead atoms. The number of para-hydroxylation sites is 1. The predicted octanol–water partition coefficient (Wildman–Crippen LogP) is 2.07. The van der Waals surface area contributed by atoms with E-state index in [1.54, 1.807) is 42.5 Å². The van der Waals surface area contributed by atoms with E-state index in [1.165, 1.54) is 6.08 Å². The summed E-state index contributed by atoms with van der Waals surface area (Å²) in [5.74, 6) is -2.79. The van der Waals surface area contributed by atoms with Gasteiger partial charge in [-0.15, -0.1) is 0 Å². The molecule has 18 heavy (non-hydrogen) atoms. The fourth-order valence-electron chi connectivity index (χ4n) is 1.84. The van der Waals surface area contributed by atoms with Gasteiger partial charge in [-0.25, -0.2) is 0 Å². The smallest absolute Gasteiger partial charge is 0.311 e. The predicted molar refractivity (Wildman–Crippen MR) is 68.0 cm³/mol. The van der Waals surface area contributed by atoms with Crippen LogP contribution in [0.2, 0.25) is 0 Å². The zero-order chi connectivity index (χ0) is 13.0. The molecule has 4 nitrogen and oxygen atoms in total. The highest BCUT2D eigenvalue weighted by Crippen LogP contribution is 2.22. The number of carboxylic acid groups (broad SMARTS) is 1. The zero-order valence-corrected chi connectivity index (χ0v) is 9.61. The summed E-state index contributed by atoms with van der Waals surface area (Å²) < 4.78 is 0. The Morgan fingerprint density at radius 2 is 1.61 bits per heavy atom. The van der Waals surface area contributed by atoms with Crippen LogP contribution in [0.1, 0.15) is 0 Å². The van der Waals surface area contributed by atoms with Crippen LogP contribution in [0.3, 0.4) is 0 Å². The molecule has 1 aromatic rings. The van der Waals surface area contributed by atoms with Crippen LogP contribution in [0.5, 0.6) is 0 Å². The molecule has 0 aromatic heterocycles. The summed E-state index contributed by atoms with van der Waals surface area (Å²) in [4.78, 5) is 23.1. The van der Waals surface area contributed by atoms with E-state index in [-0.39, 0.29) is 5.91 Å². The third-order valence-corrected chi connectivity index (χ3v) is 2.76. The summed E-state index contributed by atoms with van der Waals surface area (Å²) in [6.07, 6.45) is 6.47. The molecular weight excluding hydrogens is 230 g/mol. The molecule has 2 rings (SSSR count). The Balaban J connectivity index is 2.11. The van der Waals surface area contributed by atoms with Gasteiger partial charge in [-0.3, -0.25) is 9.59 Å². The Morgan fingerprint density at radius 3 is 2.22 bits per heavy atom. The Hall–Kier alpha value is -2.36. The first kappa shape index (κ1) is 12.1. The van der Waals surface area contributed by atoms with Gasteiger partial charge in [-0.1, -0.05) is 42.5 Å². The van der Waals surface area contributed by atoms with Gasteiger partial charge in [-0.05, 0) is 12.1 Å². The van der Waals surface area contributed by atoms with Crippen LogP contribution >= 0.6 is 0 Å². The van der Waals surface area contributed by atoms with Gasteiger partial charge in [0.15, 0.2) is 0 Å². The van der Waals surface area contributed by atoms with E-state index in [0.717, 1.165) is 0 Å². The number of carbonyl (C=O) groups excluding carboxylic acids is 1. The van der Waals surface area contributed by atoms with Crippen LogP contribution in [0.15, 0.2) is 54.6 Å². The SMILES string of the molecule is O=C(O)C1C=CC=CC1C(=O)Nc1ccccc1. The number of allylic oxidation sites excluding steroid dienone is 2. The lowest BCUT2D eigenvalue weighted by molar-refractivity contribution is -0.143. The largest absolute Gasteiger partial charge is 0.481 e. The highest BCUT2D eigenvalue weighted by Gasteiger charge is 2.30. The van der Waals surface area contributed by atoms with Gasteiger partial charge >= 0.3 is 5.97 Å². The molecule has 0 spiro atoms. The van der Waals surface area contributed by atoms with Crippen molar-refractivity contribution in [3.8, 4) is 0 Å². The summed E-state index contributed by atoms with van der Waals surface area (Å²) in [6, 6.07) is 8.98. The monoisotopic (exact) mass is 243 g/mol. The van der Waals surface area contributed by atoms with Gasteiger partial charge in [0.25, 0.3) is 0 Å². The van der Waals surface area contributed by atoms with Gasteiger partial charge in [0.1, 0.15) is 0 Å². The summed E-state index contributed by atoms with van der Waals surface area (Å²) >= 11 is 0. The highest BCUT2D eigenvalue weighted by molar-refractivity contribution is 5.97. The van der Waals surface area contributed by atoms with Crippen LogP contribution in [0.4, 0.5) is 5.69 Å². The second-order valence-corrected chi connectivity index (χ2v) is 4.01. The van der Waals surface area contributed by atoms with Crippen molar-refractivity contribution < 1.29 is 14.7 Å². The molecule has 4 heteroatoms. The molecule has 2 unspecified atom stereocenters. The minimum atomic E-state index is -0.996. The molecule has 0 aliphatic heterocycles. The molecular formula is C14H13NO3. The van der Waals surface area contributed by atoms with Crippen molar-refractivity contribution >= 4 is 17.6 Å². The molecule has 1 aromatic carbocycles. The van der Waals surface area contributed by atoms with Crippen LogP contribution in [0, 0.1) is 11.8 Å². The van der Waals surface area contributed by atoms with Crippen molar-refractivity contribution in [1.29, 1.82) is 0 Å². The lowest BCUT2D eigenvalue weighted by atomic mass is 9.87. The highest BCUT2D eigenvalue weighted by atomic mass is 16.4. The van der Waals surface area contributed by atoms with Crippen LogP contribution in [0.25, 0.3) is 0 Å². The Kier molecular flexibility index (Phi) is 3.57. The number of aliphatic carboxylic acids is 1. The third kappa shape index (κ3) is 2.66. The molecule has 0 heterocycles. The third-order valence-electron chi connectivity index (χ3n) is 2.76. The van der Waals surface area contributed by atoms with Crippen molar-refractivity contribution in [3.63, 3.8) is 0 Å². The molecule has 0 saturated heterocycles. The fraction of sp³-hybridized carbons (Fsp3) is 0.143. The first-order chi connectivity index (χ1) is 8.68. The number of rotatable bonds is 3. The van der Waals surface area contributed by atoms with Crippen molar-refractivity contribution in [2.24, 2.45) is 11.8 Å². The summed E-state index contributed by atoms with van der Waals surface area (Å²) in [6.45, 7) is 0. The van der Waals surface area contributed by atoms with E-state index in [1.807, 2.05) is 6.07 Å². The van der Waals surface area contributed by atoms with Gasteiger partial charge in [0.2, 0.25) is 5.91 Å².